The van der Waals surface area contributed by atoms with Gasteiger partial charge >= 0.3 is 5.63 Å². The Bertz CT molecular complexity index is 1330. The summed E-state index contributed by atoms with van der Waals surface area (Å²) in [5.41, 5.74) is 4.48. The highest BCUT2D eigenvalue weighted by atomic mass is 16.4. The molecule has 1 aliphatic rings. The fraction of sp³-hybridized carbons (Fsp3) is 0.346. The highest BCUT2D eigenvalue weighted by molar-refractivity contribution is 5.82. The molecule has 0 aliphatic carbocycles. The number of para-hydroxylation sites is 2. The Morgan fingerprint density at radius 1 is 1.06 bits per heavy atom. The van der Waals surface area contributed by atoms with Gasteiger partial charge in [0.1, 0.15) is 11.1 Å². The van der Waals surface area contributed by atoms with E-state index in [1.165, 1.54) is 0 Å². The summed E-state index contributed by atoms with van der Waals surface area (Å²) in [5, 5.41) is 0.928. The minimum absolute atomic E-state index is 0.0730. The van der Waals surface area contributed by atoms with Gasteiger partial charge in [0.25, 0.3) is 0 Å². The lowest BCUT2D eigenvalue weighted by Gasteiger charge is -2.30. The zero-order valence-electron chi connectivity index (χ0n) is 18.4. The van der Waals surface area contributed by atoms with Crippen molar-refractivity contribution in [3.8, 4) is 0 Å². The second kappa shape index (κ2) is 8.26. The first-order chi connectivity index (χ1) is 15.5. The second-order valence-corrected chi connectivity index (χ2v) is 8.67. The van der Waals surface area contributed by atoms with E-state index in [-0.39, 0.29) is 17.5 Å². The number of hydrogen-bond acceptors (Lipinski definition) is 5. The van der Waals surface area contributed by atoms with Crippen LogP contribution in [0.15, 0.2) is 56.1 Å². The maximum atomic E-state index is 12.8. The topological polar surface area (TPSA) is 76.6 Å². The lowest BCUT2D eigenvalue weighted by atomic mass is 9.96. The summed E-state index contributed by atoms with van der Waals surface area (Å²) < 4.78 is 11.4. The molecule has 0 N–H and O–H groups in total. The number of benzene rings is 2. The van der Waals surface area contributed by atoms with Gasteiger partial charge in [-0.05, 0) is 62.4 Å². The standard InChI is InChI=1S/C26H26N2O4/c1-16-7-8-19-17(2)20(26(30)32-23(19)15-16)9-10-24(29)28-13-11-18(12-14-28)25-27-21-5-3-4-6-22(21)31-25/h3-8,15,18H,9-14H2,1-2H3. The quantitative estimate of drug-likeness (QED) is 0.431. The van der Waals surface area contributed by atoms with E-state index in [1.54, 1.807) is 0 Å². The Morgan fingerprint density at radius 2 is 1.84 bits per heavy atom. The highest BCUT2D eigenvalue weighted by Crippen LogP contribution is 2.30. The summed E-state index contributed by atoms with van der Waals surface area (Å²) >= 11 is 0. The van der Waals surface area contributed by atoms with E-state index in [9.17, 15) is 9.59 Å². The normalized spacial score (nSPS) is 15.0. The number of oxazole rings is 1. The Morgan fingerprint density at radius 3 is 2.62 bits per heavy atom. The van der Waals surface area contributed by atoms with Crippen molar-refractivity contribution in [3.63, 3.8) is 0 Å². The molecule has 0 saturated carbocycles. The molecule has 1 fully saturated rings. The van der Waals surface area contributed by atoms with Crippen LogP contribution in [0.2, 0.25) is 0 Å². The van der Waals surface area contributed by atoms with Gasteiger partial charge in [0.15, 0.2) is 11.5 Å². The summed E-state index contributed by atoms with van der Waals surface area (Å²) in [7, 11) is 0. The van der Waals surface area contributed by atoms with Crippen LogP contribution in [0.5, 0.6) is 0 Å². The highest BCUT2D eigenvalue weighted by Gasteiger charge is 2.27. The Hall–Kier alpha value is -3.41. The van der Waals surface area contributed by atoms with Gasteiger partial charge in [-0.15, -0.1) is 0 Å². The molecule has 0 unspecified atom stereocenters. The van der Waals surface area contributed by atoms with Crippen molar-refractivity contribution in [2.45, 2.75) is 45.4 Å². The van der Waals surface area contributed by atoms with Crippen molar-refractivity contribution in [1.29, 1.82) is 0 Å². The zero-order valence-corrected chi connectivity index (χ0v) is 18.4. The third kappa shape index (κ3) is 3.81. The van der Waals surface area contributed by atoms with Crippen LogP contribution in [0, 0.1) is 13.8 Å². The molecule has 4 aromatic rings. The molecule has 32 heavy (non-hydrogen) atoms. The first-order valence-electron chi connectivity index (χ1n) is 11.2. The summed E-state index contributed by atoms with van der Waals surface area (Å²) in [4.78, 5) is 31.9. The molecule has 2 aromatic carbocycles. The van der Waals surface area contributed by atoms with Crippen LogP contribution >= 0.6 is 0 Å². The van der Waals surface area contributed by atoms with E-state index in [1.807, 2.05) is 61.2 Å². The van der Waals surface area contributed by atoms with Crippen molar-refractivity contribution in [2.75, 3.05) is 13.1 Å². The van der Waals surface area contributed by atoms with Gasteiger partial charge in [0.2, 0.25) is 5.91 Å². The minimum atomic E-state index is -0.344. The third-order valence-electron chi connectivity index (χ3n) is 6.54. The van der Waals surface area contributed by atoms with Crippen LogP contribution in [0.3, 0.4) is 0 Å². The molecular formula is C26H26N2O4. The number of aryl methyl sites for hydroxylation is 2. The number of hydrogen-bond donors (Lipinski definition) is 0. The second-order valence-electron chi connectivity index (χ2n) is 8.67. The Labute approximate surface area is 185 Å². The molecule has 0 bridgehead atoms. The van der Waals surface area contributed by atoms with Crippen LogP contribution in [0.1, 0.15) is 47.8 Å². The molecule has 0 radical (unpaired) electrons. The summed E-state index contributed by atoms with van der Waals surface area (Å²) in [5.74, 6) is 1.06. The molecule has 1 aliphatic heterocycles. The third-order valence-corrected chi connectivity index (χ3v) is 6.54. The molecule has 2 aromatic heterocycles. The van der Waals surface area contributed by atoms with Gasteiger partial charge in [-0.25, -0.2) is 9.78 Å². The fourth-order valence-electron chi connectivity index (χ4n) is 4.62. The first-order valence-corrected chi connectivity index (χ1v) is 11.2. The Kier molecular flexibility index (Phi) is 5.29. The number of rotatable bonds is 4. The van der Waals surface area contributed by atoms with E-state index in [0.29, 0.717) is 37.1 Å². The molecular weight excluding hydrogens is 404 g/mol. The van der Waals surface area contributed by atoms with Crippen molar-refractivity contribution in [3.05, 3.63) is 75.5 Å². The number of aromatic nitrogens is 1. The molecule has 6 heteroatoms. The number of nitrogens with zero attached hydrogens (tertiary/aromatic N) is 2. The van der Waals surface area contributed by atoms with E-state index < -0.39 is 0 Å². The molecule has 1 saturated heterocycles. The molecule has 3 heterocycles. The number of piperidine rings is 1. The number of carbonyl (C=O) groups is 1. The van der Waals surface area contributed by atoms with Crippen molar-refractivity contribution in [2.24, 2.45) is 0 Å². The van der Waals surface area contributed by atoms with Gasteiger partial charge < -0.3 is 13.7 Å². The van der Waals surface area contributed by atoms with Crippen LogP contribution in [0.25, 0.3) is 22.1 Å². The van der Waals surface area contributed by atoms with Gasteiger partial charge in [-0.1, -0.05) is 24.3 Å². The van der Waals surface area contributed by atoms with Crippen LogP contribution in [-0.4, -0.2) is 28.9 Å². The van der Waals surface area contributed by atoms with Crippen LogP contribution < -0.4 is 5.63 Å². The predicted molar refractivity (Wildman–Crippen MR) is 123 cm³/mol. The number of carbonyl (C=O) groups excluding carboxylic acids is 1. The van der Waals surface area contributed by atoms with Crippen molar-refractivity contribution >= 4 is 28.0 Å². The fourth-order valence-corrected chi connectivity index (χ4v) is 4.62. The smallest absolute Gasteiger partial charge is 0.339 e. The number of amides is 1. The maximum absolute atomic E-state index is 12.8. The van der Waals surface area contributed by atoms with Gasteiger partial charge in [0.05, 0.1) is 0 Å². The number of fused-ring (bicyclic) bond motifs is 2. The summed E-state index contributed by atoms with van der Waals surface area (Å²) in [6.07, 6.45) is 2.35. The largest absolute Gasteiger partial charge is 0.440 e. The number of likely N-dealkylation sites (tertiary alicyclic amines) is 1. The molecule has 164 valence electrons. The predicted octanol–water partition coefficient (Wildman–Crippen LogP) is 4.89. The molecule has 6 nitrogen and oxygen atoms in total. The van der Waals surface area contributed by atoms with E-state index in [0.717, 1.165) is 46.3 Å². The SMILES string of the molecule is Cc1ccc2c(C)c(CCC(=O)N3CCC(c4nc5ccccc5o4)CC3)c(=O)oc2c1. The van der Waals surface area contributed by atoms with Crippen LogP contribution in [0.4, 0.5) is 0 Å². The lowest BCUT2D eigenvalue weighted by molar-refractivity contribution is -0.132. The summed E-state index contributed by atoms with van der Waals surface area (Å²) in [6.45, 7) is 5.24. The van der Waals surface area contributed by atoms with Gasteiger partial charge in [0, 0.05) is 36.4 Å². The molecule has 5 rings (SSSR count). The van der Waals surface area contributed by atoms with Crippen molar-refractivity contribution < 1.29 is 13.6 Å². The monoisotopic (exact) mass is 430 g/mol. The van der Waals surface area contributed by atoms with E-state index in [4.69, 9.17) is 8.83 Å². The van der Waals surface area contributed by atoms with Crippen LogP contribution in [-0.2, 0) is 11.2 Å². The zero-order chi connectivity index (χ0) is 22.2. The molecule has 1 amide bonds. The maximum Gasteiger partial charge on any atom is 0.339 e. The van der Waals surface area contributed by atoms with E-state index >= 15 is 0 Å². The molecule has 0 atom stereocenters. The Balaban J connectivity index is 1.23. The lowest BCUT2D eigenvalue weighted by Crippen LogP contribution is -2.38. The van der Waals surface area contributed by atoms with Gasteiger partial charge in [-0.2, -0.15) is 0 Å². The summed E-state index contributed by atoms with van der Waals surface area (Å²) in [6, 6.07) is 13.6. The molecule has 0 spiro atoms. The average molecular weight is 431 g/mol. The van der Waals surface area contributed by atoms with E-state index in [2.05, 4.69) is 4.98 Å². The first kappa shape index (κ1) is 20.5. The van der Waals surface area contributed by atoms with Crippen molar-refractivity contribution in [1.82, 2.24) is 9.88 Å². The van der Waals surface area contributed by atoms with Gasteiger partial charge in [-0.3, -0.25) is 4.79 Å². The minimum Gasteiger partial charge on any atom is -0.440 e. The average Bonchev–Trinajstić information content (AvgIpc) is 3.23.